The second-order valence-corrected chi connectivity index (χ2v) is 7.82. The lowest BCUT2D eigenvalue weighted by Gasteiger charge is -2.16. The Hall–Kier alpha value is -2.51. The molecule has 1 aliphatic heterocycles. The van der Waals surface area contributed by atoms with Crippen molar-refractivity contribution in [3.05, 3.63) is 71.9 Å². The molecule has 1 aliphatic rings. The third-order valence-corrected chi connectivity index (χ3v) is 5.86. The van der Waals surface area contributed by atoms with Crippen LogP contribution in [0, 0.1) is 11.6 Å². The number of carbonyl (C=O) groups is 1. The number of halogens is 2. The zero-order valence-electron chi connectivity index (χ0n) is 15.7. The van der Waals surface area contributed by atoms with Gasteiger partial charge in [-0.05, 0) is 36.6 Å². The SMILES string of the molecule is O=C(CSc1ncc(-c2ccccc2)n1CC1CCCO1)c1ccc(F)c(F)c1. The van der Waals surface area contributed by atoms with Gasteiger partial charge in [0.25, 0.3) is 0 Å². The van der Waals surface area contributed by atoms with E-state index in [1.165, 1.54) is 17.8 Å². The molecule has 2 aromatic carbocycles. The van der Waals surface area contributed by atoms with Crippen molar-refractivity contribution in [2.45, 2.75) is 30.6 Å². The number of imidazole rings is 1. The van der Waals surface area contributed by atoms with Crippen molar-refractivity contribution in [2.24, 2.45) is 0 Å². The van der Waals surface area contributed by atoms with Gasteiger partial charge in [-0.25, -0.2) is 13.8 Å². The fourth-order valence-corrected chi connectivity index (χ4v) is 4.25. The normalized spacial score (nSPS) is 16.3. The molecule has 4 nitrogen and oxygen atoms in total. The molecule has 29 heavy (non-hydrogen) atoms. The monoisotopic (exact) mass is 414 g/mol. The third kappa shape index (κ3) is 4.57. The fourth-order valence-electron chi connectivity index (χ4n) is 3.36. The molecule has 7 heteroatoms. The van der Waals surface area contributed by atoms with Gasteiger partial charge in [0, 0.05) is 12.2 Å². The van der Waals surface area contributed by atoms with E-state index in [4.69, 9.17) is 4.74 Å². The number of Topliss-reactive ketones (excluding diaryl/α,β-unsaturated/α-hetero) is 1. The summed E-state index contributed by atoms with van der Waals surface area (Å²) in [5, 5.41) is 0.704. The van der Waals surface area contributed by atoms with Gasteiger partial charge in [-0.1, -0.05) is 42.1 Å². The van der Waals surface area contributed by atoms with E-state index in [1.54, 1.807) is 6.20 Å². The molecular formula is C22H20F2N2O2S. The largest absolute Gasteiger partial charge is 0.376 e. The molecule has 0 aliphatic carbocycles. The lowest BCUT2D eigenvalue weighted by Crippen LogP contribution is -2.17. The molecule has 150 valence electrons. The van der Waals surface area contributed by atoms with Crippen molar-refractivity contribution in [1.82, 2.24) is 9.55 Å². The lowest BCUT2D eigenvalue weighted by molar-refractivity contribution is 0.0954. The molecule has 1 unspecified atom stereocenters. The summed E-state index contributed by atoms with van der Waals surface area (Å²) in [5.74, 6) is -2.18. The Kier molecular flexibility index (Phi) is 6.06. The van der Waals surface area contributed by atoms with E-state index in [0.717, 1.165) is 42.8 Å². The van der Waals surface area contributed by atoms with Crippen molar-refractivity contribution < 1.29 is 18.3 Å². The van der Waals surface area contributed by atoms with Gasteiger partial charge in [0.15, 0.2) is 22.6 Å². The maximum Gasteiger partial charge on any atom is 0.173 e. The number of ketones is 1. The van der Waals surface area contributed by atoms with Crippen LogP contribution in [0.1, 0.15) is 23.2 Å². The van der Waals surface area contributed by atoms with Gasteiger partial charge in [-0.3, -0.25) is 4.79 Å². The van der Waals surface area contributed by atoms with Crippen LogP contribution in [-0.2, 0) is 11.3 Å². The summed E-state index contributed by atoms with van der Waals surface area (Å²) in [6.07, 6.45) is 3.95. The van der Waals surface area contributed by atoms with Crippen molar-refractivity contribution in [1.29, 1.82) is 0 Å². The second kappa shape index (κ2) is 8.88. The Balaban J connectivity index is 1.55. The quantitative estimate of drug-likeness (QED) is 0.404. The average Bonchev–Trinajstić information content (AvgIpc) is 3.39. The van der Waals surface area contributed by atoms with E-state index < -0.39 is 11.6 Å². The van der Waals surface area contributed by atoms with Crippen LogP contribution in [0.5, 0.6) is 0 Å². The summed E-state index contributed by atoms with van der Waals surface area (Å²) in [5.41, 5.74) is 2.15. The van der Waals surface area contributed by atoms with Crippen molar-refractivity contribution in [2.75, 3.05) is 12.4 Å². The molecule has 0 saturated carbocycles. The molecule has 1 fully saturated rings. The summed E-state index contributed by atoms with van der Waals surface area (Å²) in [7, 11) is 0. The highest BCUT2D eigenvalue weighted by Crippen LogP contribution is 2.28. The number of benzene rings is 2. The van der Waals surface area contributed by atoms with Crippen LogP contribution in [0.3, 0.4) is 0 Å². The van der Waals surface area contributed by atoms with E-state index >= 15 is 0 Å². The topological polar surface area (TPSA) is 44.1 Å². The van der Waals surface area contributed by atoms with E-state index in [0.29, 0.717) is 11.7 Å². The minimum absolute atomic E-state index is 0.0852. The highest BCUT2D eigenvalue weighted by atomic mass is 32.2. The van der Waals surface area contributed by atoms with Gasteiger partial charge in [0.05, 0.1) is 30.3 Å². The van der Waals surface area contributed by atoms with Crippen molar-refractivity contribution in [3.8, 4) is 11.3 Å². The Morgan fingerprint density at radius 1 is 1.17 bits per heavy atom. The predicted octanol–water partition coefficient (Wildman–Crippen LogP) is 4.98. The van der Waals surface area contributed by atoms with Gasteiger partial charge in [-0.2, -0.15) is 0 Å². The predicted molar refractivity (Wildman–Crippen MR) is 108 cm³/mol. The molecule has 3 aromatic rings. The zero-order chi connectivity index (χ0) is 20.2. The average molecular weight is 414 g/mol. The molecule has 0 amide bonds. The Bertz CT molecular complexity index is 1000. The highest BCUT2D eigenvalue weighted by Gasteiger charge is 2.21. The second-order valence-electron chi connectivity index (χ2n) is 6.88. The molecule has 2 heterocycles. The molecule has 1 saturated heterocycles. The maximum absolute atomic E-state index is 13.4. The Morgan fingerprint density at radius 3 is 2.72 bits per heavy atom. The van der Waals surface area contributed by atoms with Crippen LogP contribution in [0.25, 0.3) is 11.3 Å². The number of hydrogen-bond acceptors (Lipinski definition) is 4. The van der Waals surface area contributed by atoms with E-state index in [1.807, 2.05) is 30.3 Å². The molecule has 4 rings (SSSR count). The van der Waals surface area contributed by atoms with Gasteiger partial charge in [-0.15, -0.1) is 0 Å². The number of hydrogen-bond donors (Lipinski definition) is 0. The van der Waals surface area contributed by atoms with E-state index in [9.17, 15) is 13.6 Å². The first-order valence-electron chi connectivity index (χ1n) is 9.45. The number of thioether (sulfide) groups is 1. The molecule has 1 aromatic heterocycles. The van der Waals surface area contributed by atoms with Crippen LogP contribution >= 0.6 is 11.8 Å². The van der Waals surface area contributed by atoms with Crippen LogP contribution in [0.15, 0.2) is 59.9 Å². The number of rotatable bonds is 7. The van der Waals surface area contributed by atoms with Gasteiger partial charge in [0.2, 0.25) is 0 Å². The molecule has 0 spiro atoms. The summed E-state index contributed by atoms with van der Waals surface area (Å²) in [6, 6.07) is 13.1. The molecule has 0 N–H and O–H groups in total. The first kappa shape index (κ1) is 19.8. The van der Waals surface area contributed by atoms with Gasteiger partial charge < -0.3 is 9.30 Å². The van der Waals surface area contributed by atoms with Gasteiger partial charge >= 0.3 is 0 Å². The molecular weight excluding hydrogens is 394 g/mol. The van der Waals surface area contributed by atoms with Crippen molar-refractivity contribution in [3.63, 3.8) is 0 Å². The van der Waals surface area contributed by atoms with Crippen molar-refractivity contribution >= 4 is 17.5 Å². The summed E-state index contributed by atoms with van der Waals surface area (Å²) in [4.78, 5) is 17.0. The summed E-state index contributed by atoms with van der Waals surface area (Å²) in [6.45, 7) is 1.42. The van der Waals surface area contributed by atoms with Crippen LogP contribution in [-0.4, -0.2) is 33.8 Å². The number of nitrogens with zero attached hydrogens (tertiary/aromatic N) is 2. The Labute approximate surface area is 171 Å². The maximum atomic E-state index is 13.4. The lowest BCUT2D eigenvalue weighted by atomic mass is 10.1. The first-order valence-corrected chi connectivity index (χ1v) is 10.4. The minimum Gasteiger partial charge on any atom is -0.376 e. The summed E-state index contributed by atoms with van der Waals surface area (Å²) < 4.78 is 34.4. The van der Waals surface area contributed by atoms with Gasteiger partial charge in [0.1, 0.15) is 0 Å². The van der Waals surface area contributed by atoms with Crippen LogP contribution in [0.4, 0.5) is 8.78 Å². The Morgan fingerprint density at radius 2 is 2.00 bits per heavy atom. The smallest absolute Gasteiger partial charge is 0.173 e. The zero-order valence-corrected chi connectivity index (χ0v) is 16.5. The molecule has 1 atom stereocenters. The standard InChI is InChI=1S/C22H20F2N2O2S/c23-18-9-8-16(11-19(18)24)21(27)14-29-22-25-12-20(15-5-2-1-3-6-15)26(22)13-17-7-4-10-28-17/h1-3,5-6,8-9,11-12,17H,4,7,10,13-14H2. The first-order chi connectivity index (χ1) is 14.1. The minimum atomic E-state index is -1.02. The number of aromatic nitrogens is 2. The van der Waals surface area contributed by atoms with Crippen LogP contribution < -0.4 is 0 Å². The number of ether oxygens (including phenoxy) is 1. The molecule has 0 bridgehead atoms. The highest BCUT2D eigenvalue weighted by molar-refractivity contribution is 7.99. The summed E-state index contributed by atoms with van der Waals surface area (Å²) >= 11 is 1.29. The fraction of sp³-hybridized carbons (Fsp3) is 0.273. The van der Waals surface area contributed by atoms with E-state index in [2.05, 4.69) is 9.55 Å². The van der Waals surface area contributed by atoms with Crippen LogP contribution in [0.2, 0.25) is 0 Å². The third-order valence-electron chi connectivity index (χ3n) is 4.87. The van der Waals surface area contributed by atoms with E-state index in [-0.39, 0.29) is 23.2 Å². The number of carbonyl (C=O) groups excluding carboxylic acids is 1. The molecule has 0 radical (unpaired) electrons.